The summed E-state index contributed by atoms with van der Waals surface area (Å²) in [5.41, 5.74) is 1.74. The zero-order valence-electron chi connectivity index (χ0n) is 12.0. The van der Waals surface area contributed by atoms with Crippen molar-refractivity contribution in [3.8, 4) is 11.5 Å². The zero-order chi connectivity index (χ0) is 15.4. The van der Waals surface area contributed by atoms with Crippen LogP contribution in [-0.2, 0) is 12.3 Å². The van der Waals surface area contributed by atoms with Gasteiger partial charge in [0.15, 0.2) is 11.0 Å². The van der Waals surface area contributed by atoms with Crippen molar-refractivity contribution in [1.82, 2.24) is 24.7 Å². The Morgan fingerprint density at radius 1 is 1.14 bits per heavy atom. The summed E-state index contributed by atoms with van der Waals surface area (Å²) in [4.78, 5) is 8.32. The number of nitrogens with zero attached hydrogens (tertiary/aromatic N) is 5. The molecule has 112 valence electrons. The van der Waals surface area contributed by atoms with Crippen LogP contribution in [0.1, 0.15) is 12.5 Å². The molecule has 3 aromatic rings. The fourth-order valence-corrected chi connectivity index (χ4v) is 2.97. The molecule has 0 fully saturated rings. The van der Waals surface area contributed by atoms with Crippen molar-refractivity contribution in [2.75, 3.05) is 0 Å². The molecule has 0 aliphatic rings. The monoisotopic (exact) mass is 315 g/mol. The molecule has 0 amide bonds. The minimum atomic E-state index is -0.226. The summed E-state index contributed by atoms with van der Waals surface area (Å²) < 4.78 is 14.9. The standard InChI is InChI=1S/C15H14FN5S/c1-2-21-14(13-9-17-7-8-18-13)19-20-15(21)22-10-11-3-5-12(16)6-4-11/h3-9H,2,10H2,1H3. The van der Waals surface area contributed by atoms with Gasteiger partial charge in [0, 0.05) is 24.7 Å². The molecular formula is C15H14FN5S. The smallest absolute Gasteiger partial charge is 0.191 e. The number of aromatic nitrogens is 5. The summed E-state index contributed by atoms with van der Waals surface area (Å²) in [6.07, 6.45) is 4.93. The van der Waals surface area contributed by atoms with E-state index < -0.39 is 0 Å². The Hall–Kier alpha value is -2.28. The van der Waals surface area contributed by atoms with Gasteiger partial charge in [-0.1, -0.05) is 23.9 Å². The van der Waals surface area contributed by atoms with E-state index in [-0.39, 0.29) is 5.82 Å². The van der Waals surface area contributed by atoms with E-state index in [1.807, 2.05) is 11.5 Å². The summed E-state index contributed by atoms with van der Waals surface area (Å²) in [5.74, 6) is 1.19. The molecule has 22 heavy (non-hydrogen) atoms. The van der Waals surface area contributed by atoms with E-state index in [2.05, 4.69) is 20.2 Å². The molecule has 0 saturated heterocycles. The van der Waals surface area contributed by atoms with Crippen LogP contribution in [0, 0.1) is 5.82 Å². The van der Waals surface area contributed by atoms with Crippen molar-refractivity contribution >= 4 is 11.8 Å². The minimum Gasteiger partial charge on any atom is -0.301 e. The molecule has 0 spiro atoms. The van der Waals surface area contributed by atoms with Crippen molar-refractivity contribution < 1.29 is 4.39 Å². The highest BCUT2D eigenvalue weighted by Gasteiger charge is 2.14. The van der Waals surface area contributed by atoms with Crippen LogP contribution in [0.25, 0.3) is 11.5 Å². The molecule has 0 N–H and O–H groups in total. The average Bonchev–Trinajstić information content (AvgIpc) is 2.98. The largest absolute Gasteiger partial charge is 0.301 e. The first-order valence-electron chi connectivity index (χ1n) is 6.84. The molecular weight excluding hydrogens is 301 g/mol. The van der Waals surface area contributed by atoms with Crippen molar-refractivity contribution in [2.45, 2.75) is 24.4 Å². The van der Waals surface area contributed by atoms with Gasteiger partial charge in [0.2, 0.25) is 0 Å². The first kappa shape index (κ1) is 14.6. The van der Waals surface area contributed by atoms with Crippen molar-refractivity contribution in [3.63, 3.8) is 0 Å². The van der Waals surface area contributed by atoms with Gasteiger partial charge in [0.05, 0.1) is 6.20 Å². The predicted molar refractivity (Wildman–Crippen MR) is 82.7 cm³/mol. The quantitative estimate of drug-likeness (QED) is 0.677. The Balaban J connectivity index is 1.80. The van der Waals surface area contributed by atoms with E-state index in [1.165, 1.54) is 12.1 Å². The van der Waals surface area contributed by atoms with Gasteiger partial charge in [-0.15, -0.1) is 10.2 Å². The van der Waals surface area contributed by atoms with Gasteiger partial charge < -0.3 is 4.57 Å². The van der Waals surface area contributed by atoms with E-state index in [0.29, 0.717) is 17.3 Å². The topological polar surface area (TPSA) is 56.5 Å². The van der Waals surface area contributed by atoms with Crippen LogP contribution in [-0.4, -0.2) is 24.7 Å². The molecule has 0 unspecified atom stereocenters. The van der Waals surface area contributed by atoms with E-state index in [4.69, 9.17) is 0 Å². The lowest BCUT2D eigenvalue weighted by Crippen LogP contribution is -2.01. The number of hydrogen-bond donors (Lipinski definition) is 0. The van der Waals surface area contributed by atoms with E-state index in [0.717, 1.165) is 17.3 Å². The van der Waals surface area contributed by atoms with Crippen LogP contribution in [0.4, 0.5) is 4.39 Å². The molecule has 0 aliphatic carbocycles. The fraction of sp³-hybridized carbons (Fsp3) is 0.200. The number of halogens is 1. The highest BCUT2D eigenvalue weighted by Crippen LogP contribution is 2.25. The summed E-state index contributed by atoms with van der Waals surface area (Å²) in [6, 6.07) is 6.48. The molecule has 0 radical (unpaired) electrons. The van der Waals surface area contributed by atoms with E-state index in [9.17, 15) is 4.39 Å². The Kier molecular flexibility index (Phi) is 4.43. The lowest BCUT2D eigenvalue weighted by molar-refractivity contribution is 0.627. The van der Waals surface area contributed by atoms with Crippen molar-refractivity contribution in [3.05, 3.63) is 54.2 Å². The second-order valence-electron chi connectivity index (χ2n) is 4.56. The first-order valence-corrected chi connectivity index (χ1v) is 7.83. The molecule has 3 rings (SSSR count). The predicted octanol–water partition coefficient (Wildman–Crippen LogP) is 3.19. The second-order valence-corrected chi connectivity index (χ2v) is 5.50. The summed E-state index contributed by atoms with van der Waals surface area (Å²) >= 11 is 1.56. The molecule has 0 atom stereocenters. The van der Waals surface area contributed by atoms with Gasteiger partial charge in [-0.2, -0.15) is 0 Å². The van der Waals surface area contributed by atoms with Gasteiger partial charge in [0.1, 0.15) is 11.5 Å². The third-order valence-electron chi connectivity index (χ3n) is 3.11. The van der Waals surface area contributed by atoms with Crippen LogP contribution in [0.5, 0.6) is 0 Å². The molecule has 0 saturated carbocycles. The highest BCUT2D eigenvalue weighted by molar-refractivity contribution is 7.98. The van der Waals surface area contributed by atoms with Gasteiger partial charge >= 0.3 is 0 Å². The first-order chi connectivity index (χ1) is 10.8. The highest BCUT2D eigenvalue weighted by atomic mass is 32.2. The number of benzene rings is 1. The lowest BCUT2D eigenvalue weighted by atomic mass is 10.2. The second kappa shape index (κ2) is 6.65. The molecule has 0 bridgehead atoms. The summed E-state index contributed by atoms with van der Waals surface area (Å²) in [7, 11) is 0. The average molecular weight is 315 g/mol. The Labute approximate surface area is 131 Å². The lowest BCUT2D eigenvalue weighted by Gasteiger charge is -2.06. The van der Waals surface area contributed by atoms with Gasteiger partial charge in [-0.25, -0.2) is 9.37 Å². The zero-order valence-corrected chi connectivity index (χ0v) is 12.8. The Bertz CT molecular complexity index is 742. The third-order valence-corrected chi connectivity index (χ3v) is 4.14. The van der Waals surface area contributed by atoms with Crippen LogP contribution >= 0.6 is 11.8 Å². The van der Waals surface area contributed by atoms with Gasteiger partial charge in [0.25, 0.3) is 0 Å². The Morgan fingerprint density at radius 2 is 1.95 bits per heavy atom. The molecule has 0 aliphatic heterocycles. The van der Waals surface area contributed by atoms with Crippen molar-refractivity contribution in [2.24, 2.45) is 0 Å². The molecule has 1 aromatic carbocycles. The summed E-state index contributed by atoms with van der Waals surface area (Å²) in [5, 5.41) is 9.26. The third kappa shape index (κ3) is 3.14. The van der Waals surface area contributed by atoms with Crippen molar-refractivity contribution in [1.29, 1.82) is 0 Å². The number of rotatable bonds is 5. The van der Waals surface area contributed by atoms with Crippen LogP contribution < -0.4 is 0 Å². The van der Waals surface area contributed by atoms with Crippen LogP contribution in [0.2, 0.25) is 0 Å². The normalized spacial score (nSPS) is 10.8. The maximum atomic E-state index is 12.9. The maximum Gasteiger partial charge on any atom is 0.191 e. The van der Waals surface area contributed by atoms with Crippen LogP contribution in [0.15, 0.2) is 48.0 Å². The molecule has 2 aromatic heterocycles. The molecule has 5 nitrogen and oxygen atoms in total. The molecule has 7 heteroatoms. The van der Waals surface area contributed by atoms with E-state index in [1.54, 1.807) is 42.5 Å². The fourth-order valence-electron chi connectivity index (χ4n) is 2.01. The molecule has 2 heterocycles. The van der Waals surface area contributed by atoms with Gasteiger partial charge in [-0.05, 0) is 24.6 Å². The number of thioether (sulfide) groups is 1. The van der Waals surface area contributed by atoms with E-state index >= 15 is 0 Å². The summed E-state index contributed by atoms with van der Waals surface area (Å²) in [6.45, 7) is 2.77. The Morgan fingerprint density at radius 3 is 2.64 bits per heavy atom. The maximum absolute atomic E-state index is 12.9. The number of hydrogen-bond acceptors (Lipinski definition) is 5. The van der Waals surface area contributed by atoms with Gasteiger partial charge in [-0.3, -0.25) is 4.98 Å². The minimum absolute atomic E-state index is 0.226. The van der Waals surface area contributed by atoms with Crippen LogP contribution in [0.3, 0.4) is 0 Å². The SMILES string of the molecule is CCn1c(SCc2ccc(F)cc2)nnc1-c1cnccn1.